The first-order valence-electron chi connectivity index (χ1n) is 7.61. The number of thiophene rings is 1. The van der Waals surface area contributed by atoms with Gasteiger partial charge in [0.05, 0.1) is 6.10 Å². The highest BCUT2D eigenvalue weighted by Crippen LogP contribution is 2.34. The Morgan fingerprint density at radius 2 is 2.05 bits per heavy atom. The third kappa shape index (κ3) is 4.30. The number of aryl methyl sites for hydroxylation is 1. The van der Waals surface area contributed by atoms with Crippen molar-refractivity contribution in [2.75, 3.05) is 13.7 Å². The summed E-state index contributed by atoms with van der Waals surface area (Å²) < 4.78 is 5.64. The van der Waals surface area contributed by atoms with Crippen LogP contribution in [-0.4, -0.2) is 25.8 Å². The van der Waals surface area contributed by atoms with Crippen LogP contribution in [0, 0.1) is 5.92 Å². The van der Waals surface area contributed by atoms with Crippen LogP contribution in [0.1, 0.15) is 42.9 Å². The summed E-state index contributed by atoms with van der Waals surface area (Å²) in [6, 6.07) is 5.20. The smallest absolute Gasteiger partial charge is 0.0580 e. The minimum Gasteiger partial charge on any atom is -0.378 e. The number of rotatable bonds is 8. The number of likely N-dealkylation sites (N-methyl/N-ethyl adjacent to an activating group) is 1. The quantitative estimate of drug-likeness (QED) is 0.785. The third-order valence-corrected chi connectivity index (χ3v) is 5.39. The van der Waals surface area contributed by atoms with Crippen molar-refractivity contribution in [2.24, 2.45) is 5.92 Å². The van der Waals surface area contributed by atoms with Crippen molar-refractivity contribution in [1.82, 2.24) is 5.32 Å². The first-order chi connectivity index (χ1) is 9.25. The van der Waals surface area contributed by atoms with Gasteiger partial charge in [-0.25, -0.2) is 0 Å². The molecule has 0 aromatic carbocycles. The van der Waals surface area contributed by atoms with E-state index in [2.05, 4.69) is 38.3 Å². The van der Waals surface area contributed by atoms with E-state index in [0.29, 0.717) is 12.1 Å². The van der Waals surface area contributed by atoms with Crippen LogP contribution in [0.4, 0.5) is 0 Å². The fraction of sp³-hybridized carbons (Fsp3) is 0.750. The lowest BCUT2D eigenvalue weighted by atomic mass is 9.77. The van der Waals surface area contributed by atoms with Gasteiger partial charge in [0.2, 0.25) is 0 Å². The lowest BCUT2D eigenvalue weighted by Crippen LogP contribution is -2.37. The zero-order valence-electron chi connectivity index (χ0n) is 12.4. The fourth-order valence-electron chi connectivity index (χ4n) is 2.91. The van der Waals surface area contributed by atoms with E-state index in [-0.39, 0.29) is 0 Å². The van der Waals surface area contributed by atoms with E-state index in [4.69, 9.17) is 4.74 Å². The van der Waals surface area contributed by atoms with Crippen molar-refractivity contribution in [3.63, 3.8) is 0 Å². The van der Waals surface area contributed by atoms with Crippen LogP contribution in [0.25, 0.3) is 0 Å². The Balaban J connectivity index is 1.75. The van der Waals surface area contributed by atoms with Crippen molar-refractivity contribution in [1.29, 1.82) is 0 Å². The summed E-state index contributed by atoms with van der Waals surface area (Å²) in [6.45, 7) is 5.18. The largest absolute Gasteiger partial charge is 0.378 e. The second-order valence-corrected chi connectivity index (χ2v) is 6.81. The molecule has 0 radical (unpaired) electrons. The monoisotopic (exact) mass is 281 g/mol. The Morgan fingerprint density at radius 1 is 1.32 bits per heavy atom. The molecule has 0 spiro atoms. The van der Waals surface area contributed by atoms with E-state index in [0.717, 1.165) is 18.9 Å². The highest BCUT2D eigenvalue weighted by atomic mass is 32.1. The van der Waals surface area contributed by atoms with Crippen LogP contribution >= 0.6 is 11.3 Å². The summed E-state index contributed by atoms with van der Waals surface area (Å²) in [5.74, 6) is 0.861. The van der Waals surface area contributed by atoms with Gasteiger partial charge in [0.15, 0.2) is 0 Å². The highest BCUT2D eigenvalue weighted by Gasteiger charge is 2.31. The average Bonchev–Trinajstić information content (AvgIpc) is 2.82. The molecule has 19 heavy (non-hydrogen) atoms. The van der Waals surface area contributed by atoms with Gasteiger partial charge in [0, 0.05) is 22.4 Å². The Labute approximate surface area is 121 Å². The summed E-state index contributed by atoms with van der Waals surface area (Å²) in [5.41, 5.74) is 0. The standard InChI is InChI=1S/C16H27NOS/c1-4-15-6-7-16(19-15)11-13(17-3)8-12-9-14(10-12)18-5-2/h6-7,12-14,17H,4-5,8-11H2,1-3H3. The number of ether oxygens (including phenoxy) is 1. The molecular weight excluding hydrogens is 254 g/mol. The molecule has 1 N–H and O–H groups in total. The molecule has 0 saturated heterocycles. The SMILES string of the molecule is CCOC1CC(CC(Cc2ccc(CC)s2)NC)C1. The molecule has 1 aromatic heterocycles. The predicted octanol–water partition coefficient (Wildman–Crippen LogP) is 3.65. The molecule has 1 aromatic rings. The minimum atomic E-state index is 0.543. The lowest BCUT2D eigenvalue weighted by Gasteiger charge is -2.37. The van der Waals surface area contributed by atoms with Gasteiger partial charge in [0.25, 0.3) is 0 Å². The van der Waals surface area contributed by atoms with E-state index >= 15 is 0 Å². The average molecular weight is 281 g/mol. The summed E-state index contributed by atoms with van der Waals surface area (Å²) in [6.07, 6.45) is 6.69. The number of hydrogen-bond acceptors (Lipinski definition) is 3. The molecule has 1 saturated carbocycles. The maximum Gasteiger partial charge on any atom is 0.0580 e. The van der Waals surface area contributed by atoms with E-state index in [9.17, 15) is 0 Å². The van der Waals surface area contributed by atoms with Crippen molar-refractivity contribution in [2.45, 2.75) is 58.1 Å². The molecule has 1 aliphatic rings. The highest BCUT2D eigenvalue weighted by molar-refractivity contribution is 7.11. The normalized spacial score (nSPS) is 24.2. The molecular formula is C16H27NOS. The van der Waals surface area contributed by atoms with Crippen molar-refractivity contribution in [3.05, 3.63) is 21.9 Å². The van der Waals surface area contributed by atoms with Gasteiger partial charge in [0.1, 0.15) is 0 Å². The first-order valence-corrected chi connectivity index (χ1v) is 8.43. The number of nitrogens with one attached hydrogen (secondary N) is 1. The lowest BCUT2D eigenvalue weighted by molar-refractivity contribution is -0.0288. The van der Waals surface area contributed by atoms with Crippen LogP contribution in [0.2, 0.25) is 0 Å². The molecule has 1 heterocycles. The topological polar surface area (TPSA) is 21.3 Å². The maximum absolute atomic E-state index is 5.64. The molecule has 2 nitrogen and oxygen atoms in total. The summed E-state index contributed by atoms with van der Waals surface area (Å²) in [4.78, 5) is 3.03. The molecule has 1 fully saturated rings. The molecule has 1 aliphatic carbocycles. The molecule has 0 aliphatic heterocycles. The van der Waals surface area contributed by atoms with Crippen LogP contribution in [0.15, 0.2) is 12.1 Å². The summed E-state index contributed by atoms with van der Waals surface area (Å²) >= 11 is 1.97. The van der Waals surface area contributed by atoms with Crippen LogP contribution < -0.4 is 5.32 Å². The first kappa shape index (κ1) is 15.0. The van der Waals surface area contributed by atoms with E-state index < -0.39 is 0 Å². The molecule has 1 unspecified atom stereocenters. The van der Waals surface area contributed by atoms with Gasteiger partial charge in [-0.2, -0.15) is 0 Å². The summed E-state index contributed by atoms with van der Waals surface area (Å²) in [5, 5.41) is 3.49. The van der Waals surface area contributed by atoms with Crippen LogP contribution in [-0.2, 0) is 17.6 Å². The van der Waals surface area contributed by atoms with Gasteiger partial charge in [-0.1, -0.05) is 6.92 Å². The number of hydrogen-bond donors (Lipinski definition) is 1. The molecule has 0 bridgehead atoms. The molecule has 0 amide bonds. The minimum absolute atomic E-state index is 0.543. The fourth-order valence-corrected chi connectivity index (χ4v) is 3.95. The zero-order chi connectivity index (χ0) is 13.7. The van der Waals surface area contributed by atoms with Crippen molar-refractivity contribution in [3.8, 4) is 0 Å². The van der Waals surface area contributed by atoms with Gasteiger partial charge in [-0.05, 0) is 64.1 Å². The van der Waals surface area contributed by atoms with Gasteiger partial charge in [-0.15, -0.1) is 11.3 Å². The van der Waals surface area contributed by atoms with Crippen LogP contribution in [0.5, 0.6) is 0 Å². The van der Waals surface area contributed by atoms with Crippen molar-refractivity contribution >= 4 is 11.3 Å². The van der Waals surface area contributed by atoms with E-state index in [1.54, 1.807) is 0 Å². The third-order valence-electron chi connectivity index (χ3n) is 4.13. The van der Waals surface area contributed by atoms with Crippen molar-refractivity contribution < 1.29 is 4.74 Å². The Morgan fingerprint density at radius 3 is 2.63 bits per heavy atom. The second-order valence-electron chi connectivity index (χ2n) is 5.56. The van der Waals surface area contributed by atoms with E-state index in [1.807, 2.05) is 11.3 Å². The van der Waals surface area contributed by atoms with E-state index in [1.165, 1.54) is 35.4 Å². The summed E-state index contributed by atoms with van der Waals surface area (Å²) in [7, 11) is 2.09. The molecule has 108 valence electrons. The Hall–Kier alpha value is -0.380. The molecule has 2 rings (SSSR count). The van der Waals surface area contributed by atoms with Gasteiger partial charge < -0.3 is 10.1 Å². The predicted molar refractivity (Wildman–Crippen MR) is 83.0 cm³/mol. The Bertz CT molecular complexity index is 371. The zero-order valence-corrected chi connectivity index (χ0v) is 13.3. The second kappa shape index (κ2) is 7.41. The molecule has 3 heteroatoms. The maximum atomic E-state index is 5.64. The van der Waals surface area contributed by atoms with Gasteiger partial charge in [-0.3, -0.25) is 0 Å². The molecule has 1 atom stereocenters. The Kier molecular flexibility index (Phi) is 5.86. The van der Waals surface area contributed by atoms with Gasteiger partial charge >= 0.3 is 0 Å². The van der Waals surface area contributed by atoms with Crippen LogP contribution in [0.3, 0.4) is 0 Å².